The van der Waals surface area contributed by atoms with Gasteiger partial charge in [0.25, 0.3) is 11.5 Å². The van der Waals surface area contributed by atoms with Crippen molar-refractivity contribution in [2.45, 2.75) is 51.2 Å². The van der Waals surface area contributed by atoms with Gasteiger partial charge in [0.15, 0.2) is 6.10 Å². The maximum Gasteiger partial charge on any atom is 0.330 e. The molecule has 1 fully saturated rings. The minimum Gasteiger partial charge on any atom is -0.479 e. The van der Waals surface area contributed by atoms with Gasteiger partial charge in [-0.15, -0.1) is 0 Å². The van der Waals surface area contributed by atoms with Crippen molar-refractivity contribution in [3.63, 3.8) is 0 Å². The van der Waals surface area contributed by atoms with Crippen LogP contribution in [0.4, 0.5) is 0 Å². The average molecular weight is 438 g/mol. The number of aryl methyl sites for hydroxylation is 1. The standard InChI is InChI=1S/C20H24ClN3O6/c1-3-12-10-24(20(28)23-19(12)27)17-8-14(25)16(30-17)9-22-18(26)11(2)29-15-7-5-4-6-13(15)21/h4-7,10-11,14,16-17,25H,3,8-9H2,1-2H3,(H,22,26)(H,23,27,28)/t11-,14?,16-,17-/m0/s1. The summed E-state index contributed by atoms with van der Waals surface area (Å²) in [6.45, 7) is 3.42. The Balaban J connectivity index is 1.59. The van der Waals surface area contributed by atoms with Gasteiger partial charge in [-0.1, -0.05) is 30.7 Å². The lowest BCUT2D eigenvalue weighted by Crippen LogP contribution is -2.42. The van der Waals surface area contributed by atoms with Crippen molar-refractivity contribution in [1.29, 1.82) is 0 Å². The third-order valence-electron chi connectivity index (χ3n) is 4.92. The third kappa shape index (κ3) is 4.92. The number of hydrogen-bond donors (Lipinski definition) is 3. The highest BCUT2D eigenvalue weighted by atomic mass is 35.5. The van der Waals surface area contributed by atoms with Crippen molar-refractivity contribution in [1.82, 2.24) is 14.9 Å². The van der Waals surface area contributed by atoms with Gasteiger partial charge in [0, 0.05) is 24.7 Å². The number of hydrogen-bond acceptors (Lipinski definition) is 6. The molecule has 1 saturated heterocycles. The first kappa shape index (κ1) is 22.1. The van der Waals surface area contributed by atoms with Crippen LogP contribution in [0.3, 0.4) is 0 Å². The normalized spacial score (nSPS) is 21.9. The second kappa shape index (κ2) is 9.46. The number of para-hydroxylation sites is 1. The molecule has 1 aliphatic rings. The lowest BCUT2D eigenvalue weighted by Gasteiger charge is -2.19. The largest absolute Gasteiger partial charge is 0.479 e. The SMILES string of the molecule is CCc1cn([C@@H]2CC(O)[C@H](CNC(=O)[C@H](C)Oc3ccccc3Cl)O2)c(=O)[nH]c1=O. The molecule has 1 aliphatic heterocycles. The topological polar surface area (TPSA) is 123 Å². The summed E-state index contributed by atoms with van der Waals surface area (Å²) in [4.78, 5) is 38.4. The van der Waals surface area contributed by atoms with Crippen LogP contribution in [-0.2, 0) is 16.0 Å². The van der Waals surface area contributed by atoms with Gasteiger partial charge < -0.3 is 19.9 Å². The summed E-state index contributed by atoms with van der Waals surface area (Å²) in [5, 5.41) is 13.4. The van der Waals surface area contributed by atoms with Gasteiger partial charge in [-0.05, 0) is 25.5 Å². The molecule has 0 aliphatic carbocycles. The fourth-order valence-electron chi connectivity index (χ4n) is 3.19. The maximum atomic E-state index is 12.3. The highest BCUT2D eigenvalue weighted by Gasteiger charge is 2.36. The van der Waals surface area contributed by atoms with Gasteiger partial charge in [-0.25, -0.2) is 4.79 Å². The lowest BCUT2D eigenvalue weighted by atomic mass is 10.1. The molecule has 1 aromatic carbocycles. The Hall–Kier alpha value is -2.62. The molecule has 1 amide bonds. The number of aliphatic hydroxyl groups excluding tert-OH is 1. The zero-order chi connectivity index (χ0) is 21.8. The molecule has 3 N–H and O–H groups in total. The summed E-state index contributed by atoms with van der Waals surface area (Å²) in [7, 11) is 0. The second-order valence-corrected chi connectivity index (χ2v) is 7.45. The van der Waals surface area contributed by atoms with Crippen LogP contribution in [0.1, 0.15) is 32.1 Å². The van der Waals surface area contributed by atoms with Crippen molar-refractivity contribution < 1.29 is 19.4 Å². The van der Waals surface area contributed by atoms with Gasteiger partial charge in [-0.3, -0.25) is 19.1 Å². The van der Waals surface area contributed by atoms with Gasteiger partial charge in [0.2, 0.25) is 0 Å². The van der Waals surface area contributed by atoms with Crippen molar-refractivity contribution in [2.75, 3.05) is 6.54 Å². The van der Waals surface area contributed by atoms with E-state index in [1.807, 2.05) is 0 Å². The zero-order valence-corrected chi connectivity index (χ0v) is 17.4. The molecular weight excluding hydrogens is 414 g/mol. The molecule has 0 saturated carbocycles. The zero-order valence-electron chi connectivity index (χ0n) is 16.6. The van der Waals surface area contributed by atoms with Crippen LogP contribution in [0.15, 0.2) is 40.1 Å². The van der Waals surface area contributed by atoms with Crippen molar-refractivity contribution >= 4 is 17.5 Å². The Labute approximate surface area is 177 Å². The molecule has 1 aromatic heterocycles. The number of aromatic amines is 1. The van der Waals surface area contributed by atoms with Crippen LogP contribution >= 0.6 is 11.6 Å². The molecule has 2 aromatic rings. The third-order valence-corrected chi connectivity index (χ3v) is 5.24. The van der Waals surface area contributed by atoms with E-state index < -0.39 is 41.7 Å². The van der Waals surface area contributed by atoms with Crippen LogP contribution in [0.25, 0.3) is 0 Å². The summed E-state index contributed by atoms with van der Waals surface area (Å²) >= 11 is 6.03. The van der Waals surface area contributed by atoms with Crippen LogP contribution < -0.4 is 21.3 Å². The number of nitrogens with one attached hydrogen (secondary N) is 2. The molecule has 0 spiro atoms. The monoisotopic (exact) mass is 437 g/mol. The van der Waals surface area contributed by atoms with E-state index in [1.54, 1.807) is 38.1 Å². The molecule has 4 atom stereocenters. The summed E-state index contributed by atoms with van der Waals surface area (Å²) in [6, 6.07) is 6.82. The maximum absolute atomic E-state index is 12.3. The first-order valence-electron chi connectivity index (χ1n) is 9.67. The van der Waals surface area contributed by atoms with E-state index in [9.17, 15) is 19.5 Å². The highest BCUT2D eigenvalue weighted by molar-refractivity contribution is 6.32. The number of carbonyl (C=O) groups is 1. The van der Waals surface area contributed by atoms with Gasteiger partial charge in [0.1, 0.15) is 18.1 Å². The van der Waals surface area contributed by atoms with Crippen LogP contribution in [0.2, 0.25) is 5.02 Å². The first-order chi connectivity index (χ1) is 14.3. The number of H-pyrrole nitrogens is 1. The number of aliphatic hydroxyl groups is 1. The molecule has 3 rings (SSSR count). The number of benzene rings is 1. The van der Waals surface area contributed by atoms with Gasteiger partial charge >= 0.3 is 5.69 Å². The molecule has 1 unspecified atom stereocenters. The van der Waals surface area contributed by atoms with Gasteiger partial charge in [-0.2, -0.15) is 0 Å². The van der Waals surface area contributed by atoms with Crippen molar-refractivity contribution in [3.8, 4) is 5.75 Å². The Morgan fingerprint density at radius 2 is 2.17 bits per heavy atom. The Morgan fingerprint density at radius 3 is 2.87 bits per heavy atom. The number of rotatable bonds is 7. The number of nitrogens with zero attached hydrogens (tertiary/aromatic N) is 1. The predicted molar refractivity (Wildman–Crippen MR) is 110 cm³/mol. The number of carbonyl (C=O) groups excluding carboxylic acids is 1. The Morgan fingerprint density at radius 1 is 1.43 bits per heavy atom. The van der Waals surface area contributed by atoms with Crippen molar-refractivity contribution in [2.24, 2.45) is 0 Å². The van der Waals surface area contributed by atoms with Gasteiger partial charge in [0.05, 0.1) is 11.1 Å². The van der Waals surface area contributed by atoms with Crippen molar-refractivity contribution in [3.05, 3.63) is 61.9 Å². The quantitative estimate of drug-likeness (QED) is 0.593. The summed E-state index contributed by atoms with van der Waals surface area (Å²) < 4.78 is 12.6. The molecule has 0 radical (unpaired) electrons. The minimum atomic E-state index is -0.890. The minimum absolute atomic E-state index is 0.0332. The summed E-state index contributed by atoms with van der Waals surface area (Å²) in [5.74, 6) is -0.00754. The van der Waals surface area contributed by atoms with E-state index in [0.717, 1.165) is 0 Å². The van der Waals surface area contributed by atoms with E-state index >= 15 is 0 Å². The Bertz CT molecular complexity index is 1020. The molecule has 10 heteroatoms. The van der Waals surface area contributed by atoms with E-state index in [4.69, 9.17) is 21.1 Å². The molecule has 0 bridgehead atoms. The number of ether oxygens (including phenoxy) is 2. The van der Waals surface area contributed by atoms with E-state index in [1.165, 1.54) is 10.8 Å². The van der Waals surface area contributed by atoms with Crippen LogP contribution in [0, 0.1) is 0 Å². The number of amides is 1. The fourth-order valence-corrected chi connectivity index (χ4v) is 3.37. The molecule has 2 heterocycles. The molecule has 30 heavy (non-hydrogen) atoms. The first-order valence-corrected chi connectivity index (χ1v) is 10.0. The fraction of sp³-hybridized carbons (Fsp3) is 0.450. The number of halogens is 1. The molecular formula is C20H24ClN3O6. The number of aromatic nitrogens is 2. The highest BCUT2D eigenvalue weighted by Crippen LogP contribution is 2.27. The average Bonchev–Trinajstić information content (AvgIpc) is 3.08. The van der Waals surface area contributed by atoms with E-state index in [-0.39, 0.29) is 13.0 Å². The van der Waals surface area contributed by atoms with E-state index in [0.29, 0.717) is 22.8 Å². The predicted octanol–water partition coefficient (Wildman–Crippen LogP) is 0.984. The second-order valence-electron chi connectivity index (χ2n) is 7.04. The van der Waals surface area contributed by atoms with Crippen LogP contribution in [0.5, 0.6) is 5.75 Å². The molecule has 162 valence electrons. The summed E-state index contributed by atoms with van der Waals surface area (Å²) in [6.07, 6.45) is -1.11. The molecule has 9 nitrogen and oxygen atoms in total. The smallest absolute Gasteiger partial charge is 0.330 e. The van der Waals surface area contributed by atoms with E-state index in [2.05, 4.69) is 10.3 Å². The summed E-state index contributed by atoms with van der Waals surface area (Å²) in [5.41, 5.74) is -0.607. The van der Waals surface area contributed by atoms with Crippen LogP contribution in [-0.4, -0.2) is 45.4 Å². The lowest BCUT2D eigenvalue weighted by molar-refractivity contribution is -0.128. The Kier molecular flexibility index (Phi) is 6.96.